The fourth-order valence-corrected chi connectivity index (χ4v) is 3.38. The van der Waals surface area contributed by atoms with Crippen LogP contribution in [0.25, 0.3) is 11.1 Å². The Labute approximate surface area is 140 Å². The van der Waals surface area contributed by atoms with Gasteiger partial charge in [-0.2, -0.15) is 10.2 Å². The van der Waals surface area contributed by atoms with Crippen LogP contribution in [-0.2, 0) is 6.54 Å². The maximum absolute atomic E-state index is 14.5. The second-order valence-electron chi connectivity index (χ2n) is 6.31. The zero-order valence-electron chi connectivity index (χ0n) is 13.4. The van der Waals surface area contributed by atoms with Crippen molar-refractivity contribution in [3.8, 4) is 11.1 Å². The third kappa shape index (κ3) is 3.04. The van der Waals surface area contributed by atoms with Gasteiger partial charge in [0.2, 0.25) is 0 Å². The van der Waals surface area contributed by atoms with Crippen LogP contribution < -0.4 is 4.90 Å². The number of aromatic amines is 1. The predicted molar refractivity (Wildman–Crippen MR) is 91.1 cm³/mol. The third-order valence-electron chi connectivity index (χ3n) is 4.74. The van der Waals surface area contributed by atoms with Gasteiger partial charge in [0.25, 0.3) is 0 Å². The van der Waals surface area contributed by atoms with E-state index in [0.717, 1.165) is 43.6 Å². The molecule has 0 bridgehead atoms. The van der Waals surface area contributed by atoms with E-state index in [-0.39, 0.29) is 5.82 Å². The number of halogens is 1. The van der Waals surface area contributed by atoms with Crippen LogP contribution in [0.3, 0.4) is 0 Å². The number of H-pyrrole nitrogens is 1. The summed E-state index contributed by atoms with van der Waals surface area (Å²) in [5.41, 5.74) is 2.44. The molecule has 0 aliphatic carbocycles. The van der Waals surface area contributed by atoms with Gasteiger partial charge >= 0.3 is 0 Å². The molecule has 0 spiro atoms. The Morgan fingerprint density at radius 1 is 1.21 bits per heavy atom. The van der Waals surface area contributed by atoms with Crippen LogP contribution in [0.5, 0.6) is 0 Å². The van der Waals surface area contributed by atoms with Gasteiger partial charge in [-0.25, -0.2) is 4.39 Å². The summed E-state index contributed by atoms with van der Waals surface area (Å²) in [5.74, 6) is 0.439. The first-order chi connectivity index (χ1) is 11.8. The van der Waals surface area contributed by atoms with E-state index in [1.165, 1.54) is 0 Å². The van der Waals surface area contributed by atoms with E-state index in [1.54, 1.807) is 18.5 Å². The van der Waals surface area contributed by atoms with Gasteiger partial charge in [0, 0.05) is 43.8 Å². The molecule has 1 N–H and O–H groups in total. The van der Waals surface area contributed by atoms with Crippen molar-refractivity contribution in [1.29, 1.82) is 0 Å². The summed E-state index contributed by atoms with van der Waals surface area (Å²) >= 11 is 0. The van der Waals surface area contributed by atoms with Crippen molar-refractivity contribution in [2.75, 3.05) is 18.0 Å². The minimum absolute atomic E-state index is 0.167. The molecule has 1 aliphatic heterocycles. The Kier molecular flexibility index (Phi) is 4.02. The lowest BCUT2D eigenvalue weighted by Gasteiger charge is -2.33. The van der Waals surface area contributed by atoms with Crippen LogP contribution in [0.15, 0.2) is 49.1 Å². The standard InChI is InChI=1S/C18H20FN5/c19-17-10-15(16-11-20-21-12-16)2-3-18(17)23-8-4-14(5-9-23)13-24-7-1-6-22-24/h1-3,6-7,10-12,14H,4-5,8-9,13H2,(H,20,21). The van der Waals surface area contributed by atoms with Crippen molar-refractivity contribution in [2.45, 2.75) is 19.4 Å². The van der Waals surface area contributed by atoms with Crippen LogP contribution in [0.1, 0.15) is 12.8 Å². The smallest absolute Gasteiger partial charge is 0.147 e. The molecule has 3 heterocycles. The largest absolute Gasteiger partial charge is 0.369 e. The van der Waals surface area contributed by atoms with Gasteiger partial charge in [-0.3, -0.25) is 9.78 Å². The maximum Gasteiger partial charge on any atom is 0.147 e. The summed E-state index contributed by atoms with van der Waals surface area (Å²) in [7, 11) is 0. The molecule has 2 aromatic heterocycles. The molecule has 124 valence electrons. The monoisotopic (exact) mass is 325 g/mol. The molecular weight excluding hydrogens is 305 g/mol. The quantitative estimate of drug-likeness (QED) is 0.800. The Bertz CT molecular complexity index is 774. The molecule has 0 saturated carbocycles. The molecule has 0 atom stereocenters. The second-order valence-corrected chi connectivity index (χ2v) is 6.31. The van der Waals surface area contributed by atoms with Gasteiger partial charge in [-0.15, -0.1) is 0 Å². The number of hydrogen-bond donors (Lipinski definition) is 1. The van der Waals surface area contributed by atoms with Crippen LogP contribution in [0, 0.1) is 11.7 Å². The van der Waals surface area contributed by atoms with Gasteiger partial charge in [0.1, 0.15) is 5.82 Å². The van der Waals surface area contributed by atoms with E-state index in [1.807, 2.05) is 35.3 Å². The number of aromatic nitrogens is 4. The number of benzene rings is 1. The molecule has 0 radical (unpaired) electrons. The molecule has 4 rings (SSSR count). The molecule has 3 aromatic rings. The molecule has 0 amide bonds. The highest BCUT2D eigenvalue weighted by Gasteiger charge is 2.22. The zero-order chi connectivity index (χ0) is 16.4. The summed E-state index contributed by atoms with van der Waals surface area (Å²) in [6.07, 6.45) is 9.41. The molecular formula is C18H20FN5. The highest BCUT2D eigenvalue weighted by atomic mass is 19.1. The van der Waals surface area contributed by atoms with Crippen molar-refractivity contribution in [1.82, 2.24) is 20.0 Å². The van der Waals surface area contributed by atoms with Gasteiger partial charge in [0.15, 0.2) is 0 Å². The summed E-state index contributed by atoms with van der Waals surface area (Å²) in [6.45, 7) is 2.71. The second kappa shape index (κ2) is 6.47. The highest BCUT2D eigenvalue weighted by Crippen LogP contribution is 2.29. The van der Waals surface area contributed by atoms with Gasteiger partial charge in [-0.05, 0) is 42.5 Å². The van der Waals surface area contributed by atoms with E-state index < -0.39 is 0 Å². The lowest BCUT2D eigenvalue weighted by Crippen LogP contribution is -2.35. The van der Waals surface area contributed by atoms with E-state index >= 15 is 0 Å². The summed E-state index contributed by atoms with van der Waals surface area (Å²) in [5, 5.41) is 10.9. The van der Waals surface area contributed by atoms with Crippen LogP contribution >= 0.6 is 0 Å². The Balaban J connectivity index is 1.42. The van der Waals surface area contributed by atoms with Crippen LogP contribution in [0.4, 0.5) is 10.1 Å². The molecule has 1 saturated heterocycles. The van der Waals surface area contributed by atoms with Crippen molar-refractivity contribution in [2.24, 2.45) is 5.92 Å². The van der Waals surface area contributed by atoms with Crippen molar-refractivity contribution < 1.29 is 4.39 Å². The number of piperidine rings is 1. The van der Waals surface area contributed by atoms with Gasteiger partial charge in [0.05, 0.1) is 11.9 Å². The average molecular weight is 325 g/mol. The fourth-order valence-electron chi connectivity index (χ4n) is 3.38. The van der Waals surface area contributed by atoms with Gasteiger partial charge in [-0.1, -0.05) is 6.07 Å². The number of hydrogen-bond acceptors (Lipinski definition) is 3. The highest BCUT2D eigenvalue weighted by molar-refractivity contribution is 5.65. The van der Waals surface area contributed by atoms with Gasteiger partial charge < -0.3 is 4.90 Å². The van der Waals surface area contributed by atoms with E-state index in [0.29, 0.717) is 11.6 Å². The minimum Gasteiger partial charge on any atom is -0.369 e. The zero-order valence-corrected chi connectivity index (χ0v) is 13.4. The van der Waals surface area contributed by atoms with E-state index in [4.69, 9.17) is 0 Å². The van der Waals surface area contributed by atoms with Crippen LogP contribution in [-0.4, -0.2) is 33.1 Å². The molecule has 1 fully saturated rings. The minimum atomic E-state index is -0.167. The SMILES string of the molecule is Fc1cc(-c2cn[nH]c2)ccc1N1CCC(Cn2cccn2)CC1. The lowest BCUT2D eigenvalue weighted by atomic mass is 9.96. The normalized spacial score (nSPS) is 15.8. The molecule has 0 unspecified atom stereocenters. The average Bonchev–Trinajstić information content (AvgIpc) is 3.29. The molecule has 6 heteroatoms. The van der Waals surface area contributed by atoms with Crippen LogP contribution in [0.2, 0.25) is 0 Å². The molecule has 1 aliphatic rings. The topological polar surface area (TPSA) is 49.7 Å². The summed E-state index contributed by atoms with van der Waals surface area (Å²) < 4.78 is 16.5. The maximum atomic E-state index is 14.5. The molecule has 1 aromatic carbocycles. The fraction of sp³-hybridized carbons (Fsp3) is 0.333. The summed E-state index contributed by atoms with van der Waals surface area (Å²) in [6, 6.07) is 7.38. The number of rotatable bonds is 4. The Morgan fingerprint density at radius 3 is 2.75 bits per heavy atom. The lowest BCUT2D eigenvalue weighted by molar-refractivity contribution is 0.341. The number of nitrogens with one attached hydrogen (secondary N) is 1. The Morgan fingerprint density at radius 2 is 2.08 bits per heavy atom. The molecule has 5 nitrogen and oxygen atoms in total. The first kappa shape index (κ1) is 14.9. The third-order valence-corrected chi connectivity index (χ3v) is 4.74. The summed E-state index contributed by atoms with van der Waals surface area (Å²) in [4.78, 5) is 2.15. The first-order valence-corrected chi connectivity index (χ1v) is 8.30. The first-order valence-electron chi connectivity index (χ1n) is 8.30. The van der Waals surface area contributed by atoms with Crippen molar-refractivity contribution in [3.05, 3.63) is 54.9 Å². The number of anilines is 1. The Hall–Kier alpha value is -2.63. The predicted octanol–water partition coefficient (Wildman–Crippen LogP) is 3.33. The molecule has 24 heavy (non-hydrogen) atoms. The van der Waals surface area contributed by atoms with Crippen molar-refractivity contribution in [3.63, 3.8) is 0 Å². The van der Waals surface area contributed by atoms with E-state index in [9.17, 15) is 4.39 Å². The number of nitrogens with zero attached hydrogens (tertiary/aromatic N) is 4. The van der Waals surface area contributed by atoms with E-state index in [2.05, 4.69) is 20.2 Å². The van der Waals surface area contributed by atoms with Crippen molar-refractivity contribution >= 4 is 5.69 Å².